The van der Waals surface area contributed by atoms with Crippen molar-refractivity contribution < 1.29 is 4.79 Å². The number of aromatic amines is 1. The lowest BCUT2D eigenvalue weighted by Gasteiger charge is -2.26. The van der Waals surface area contributed by atoms with E-state index in [1.165, 1.54) is 25.7 Å². The van der Waals surface area contributed by atoms with Gasteiger partial charge in [0.25, 0.3) is 5.91 Å². The normalized spacial score (nSPS) is 18.6. The maximum Gasteiger partial charge on any atom is 0.269 e. The second-order valence-electron chi connectivity index (χ2n) is 4.49. The Balaban J connectivity index is 1.89. The lowest BCUT2D eigenvalue weighted by atomic mass is 9.89. The highest BCUT2D eigenvalue weighted by atomic mass is 79.9. The number of aromatic nitrogens is 2. The van der Waals surface area contributed by atoms with Crippen LogP contribution < -0.4 is 5.32 Å². The molecule has 16 heavy (non-hydrogen) atoms. The topological polar surface area (TPSA) is 57.8 Å². The molecule has 88 valence electrons. The largest absolute Gasteiger partial charge is 0.350 e. The van der Waals surface area contributed by atoms with Crippen molar-refractivity contribution in [2.45, 2.75) is 25.7 Å². The van der Waals surface area contributed by atoms with E-state index in [0.717, 1.165) is 11.9 Å². The number of H-pyrrole nitrogens is 1. The highest BCUT2D eigenvalue weighted by Crippen LogP contribution is 2.38. The van der Waals surface area contributed by atoms with Crippen LogP contribution in [0.3, 0.4) is 0 Å². The molecule has 1 aliphatic carbocycles. The number of carbonyl (C=O) groups is 1. The molecule has 1 heterocycles. The molecule has 0 aliphatic heterocycles. The van der Waals surface area contributed by atoms with Gasteiger partial charge in [0.2, 0.25) is 0 Å². The molecule has 1 aliphatic rings. The summed E-state index contributed by atoms with van der Waals surface area (Å²) in [6, 6.07) is 1.69. The summed E-state index contributed by atoms with van der Waals surface area (Å²) < 4.78 is 0. The SMILES string of the molecule is O=C(NCC1(CBr)CCCC1)c1ccn[nH]1. The van der Waals surface area contributed by atoms with Gasteiger partial charge in [-0.15, -0.1) is 0 Å². The summed E-state index contributed by atoms with van der Waals surface area (Å²) in [7, 11) is 0. The van der Waals surface area contributed by atoms with Crippen LogP contribution in [0.5, 0.6) is 0 Å². The lowest BCUT2D eigenvalue weighted by Crippen LogP contribution is -2.37. The number of nitrogens with one attached hydrogen (secondary N) is 2. The summed E-state index contributed by atoms with van der Waals surface area (Å²) in [5.41, 5.74) is 0.790. The quantitative estimate of drug-likeness (QED) is 0.833. The first-order valence-electron chi connectivity index (χ1n) is 5.59. The molecular formula is C11H16BrN3O. The maximum absolute atomic E-state index is 11.7. The van der Waals surface area contributed by atoms with Crippen LogP contribution in [-0.2, 0) is 0 Å². The van der Waals surface area contributed by atoms with Crippen LogP contribution in [0.25, 0.3) is 0 Å². The van der Waals surface area contributed by atoms with Gasteiger partial charge in [-0.25, -0.2) is 0 Å². The molecule has 4 nitrogen and oxygen atoms in total. The van der Waals surface area contributed by atoms with Crippen molar-refractivity contribution >= 4 is 21.8 Å². The average molecular weight is 286 g/mol. The zero-order valence-corrected chi connectivity index (χ0v) is 10.7. The van der Waals surface area contributed by atoms with Gasteiger partial charge in [0.1, 0.15) is 5.69 Å². The van der Waals surface area contributed by atoms with E-state index < -0.39 is 0 Å². The van der Waals surface area contributed by atoms with Crippen molar-refractivity contribution in [1.29, 1.82) is 0 Å². The molecule has 1 aromatic rings. The van der Waals surface area contributed by atoms with Crippen LogP contribution in [0.1, 0.15) is 36.2 Å². The monoisotopic (exact) mass is 285 g/mol. The Morgan fingerprint density at radius 3 is 2.88 bits per heavy atom. The minimum absolute atomic E-state index is 0.0651. The Morgan fingerprint density at radius 1 is 1.56 bits per heavy atom. The fourth-order valence-corrected chi connectivity index (χ4v) is 2.99. The molecule has 0 spiro atoms. The van der Waals surface area contributed by atoms with Crippen LogP contribution in [0, 0.1) is 5.41 Å². The second-order valence-corrected chi connectivity index (χ2v) is 5.05. The molecule has 5 heteroatoms. The number of nitrogens with zero attached hydrogens (tertiary/aromatic N) is 1. The summed E-state index contributed by atoms with van der Waals surface area (Å²) in [5, 5.41) is 10.4. The lowest BCUT2D eigenvalue weighted by molar-refractivity contribution is 0.0930. The molecule has 1 aromatic heterocycles. The molecule has 0 saturated heterocycles. The number of alkyl halides is 1. The standard InChI is InChI=1S/C11H16BrN3O/c12-7-11(4-1-2-5-11)8-13-10(16)9-3-6-14-15-9/h3,6H,1-2,4-5,7-8H2,(H,13,16)(H,14,15). The van der Waals surface area contributed by atoms with E-state index in [0.29, 0.717) is 5.69 Å². The maximum atomic E-state index is 11.7. The van der Waals surface area contributed by atoms with Crippen molar-refractivity contribution in [3.05, 3.63) is 18.0 Å². The fraction of sp³-hybridized carbons (Fsp3) is 0.636. The van der Waals surface area contributed by atoms with Gasteiger partial charge in [0.05, 0.1) is 0 Å². The van der Waals surface area contributed by atoms with Crippen LogP contribution in [0.4, 0.5) is 0 Å². The number of rotatable bonds is 4. The molecule has 0 unspecified atom stereocenters. The van der Waals surface area contributed by atoms with E-state index >= 15 is 0 Å². The van der Waals surface area contributed by atoms with E-state index in [9.17, 15) is 4.79 Å². The first-order chi connectivity index (χ1) is 7.76. The molecule has 0 aromatic carbocycles. The smallest absolute Gasteiger partial charge is 0.269 e. The van der Waals surface area contributed by atoms with Crippen molar-refractivity contribution in [3.8, 4) is 0 Å². The Labute approximate surface area is 103 Å². The van der Waals surface area contributed by atoms with Gasteiger partial charge in [-0.3, -0.25) is 9.89 Å². The van der Waals surface area contributed by atoms with Gasteiger partial charge < -0.3 is 5.32 Å². The number of hydrogen-bond donors (Lipinski definition) is 2. The average Bonchev–Trinajstić information content (AvgIpc) is 2.98. The first kappa shape index (κ1) is 11.6. The third-order valence-corrected chi connectivity index (χ3v) is 4.51. The molecule has 2 N–H and O–H groups in total. The second kappa shape index (κ2) is 4.99. The zero-order chi connectivity index (χ0) is 11.4. The van der Waals surface area contributed by atoms with Crippen molar-refractivity contribution in [1.82, 2.24) is 15.5 Å². The van der Waals surface area contributed by atoms with Gasteiger partial charge in [-0.05, 0) is 24.3 Å². The summed E-state index contributed by atoms with van der Waals surface area (Å²) >= 11 is 3.56. The van der Waals surface area contributed by atoms with Crippen LogP contribution >= 0.6 is 15.9 Å². The molecule has 0 bridgehead atoms. The zero-order valence-electron chi connectivity index (χ0n) is 9.13. The molecular weight excluding hydrogens is 270 g/mol. The Morgan fingerprint density at radius 2 is 2.31 bits per heavy atom. The summed E-state index contributed by atoms with van der Waals surface area (Å²) in [5.74, 6) is -0.0651. The van der Waals surface area contributed by atoms with Crippen molar-refractivity contribution in [2.75, 3.05) is 11.9 Å². The molecule has 1 saturated carbocycles. The Bertz CT molecular complexity index is 344. The van der Waals surface area contributed by atoms with Gasteiger partial charge in [0.15, 0.2) is 0 Å². The number of amides is 1. The van der Waals surface area contributed by atoms with E-state index in [1.807, 2.05) is 0 Å². The molecule has 1 amide bonds. The predicted molar refractivity (Wildman–Crippen MR) is 65.6 cm³/mol. The molecule has 0 atom stereocenters. The third kappa shape index (κ3) is 2.45. The van der Waals surface area contributed by atoms with Crippen LogP contribution in [-0.4, -0.2) is 28.0 Å². The minimum atomic E-state index is -0.0651. The van der Waals surface area contributed by atoms with Crippen LogP contribution in [0.15, 0.2) is 12.3 Å². The molecule has 0 radical (unpaired) electrons. The molecule has 1 fully saturated rings. The minimum Gasteiger partial charge on any atom is -0.350 e. The van der Waals surface area contributed by atoms with E-state index in [-0.39, 0.29) is 11.3 Å². The Hall–Kier alpha value is -0.840. The highest BCUT2D eigenvalue weighted by Gasteiger charge is 2.33. The summed E-state index contributed by atoms with van der Waals surface area (Å²) in [6.45, 7) is 0.746. The van der Waals surface area contributed by atoms with Crippen molar-refractivity contribution in [3.63, 3.8) is 0 Å². The summed E-state index contributed by atoms with van der Waals surface area (Å²) in [4.78, 5) is 11.7. The van der Waals surface area contributed by atoms with Gasteiger partial charge in [-0.1, -0.05) is 28.8 Å². The van der Waals surface area contributed by atoms with Gasteiger partial charge >= 0.3 is 0 Å². The van der Waals surface area contributed by atoms with Gasteiger partial charge in [0, 0.05) is 18.1 Å². The first-order valence-corrected chi connectivity index (χ1v) is 6.71. The third-order valence-electron chi connectivity index (χ3n) is 3.32. The number of carbonyl (C=O) groups excluding carboxylic acids is 1. The number of halogens is 1. The van der Waals surface area contributed by atoms with Gasteiger partial charge in [-0.2, -0.15) is 5.10 Å². The number of hydrogen-bond acceptors (Lipinski definition) is 2. The molecule has 2 rings (SSSR count). The predicted octanol–water partition coefficient (Wildman–Crippen LogP) is 2.09. The van der Waals surface area contributed by atoms with Crippen LogP contribution in [0.2, 0.25) is 0 Å². The highest BCUT2D eigenvalue weighted by molar-refractivity contribution is 9.09. The van der Waals surface area contributed by atoms with E-state index in [1.54, 1.807) is 12.3 Å². The summed E-state index contributed by atoms with van der Waals surface area (Å²) in [6.07, 6.45) is 6.52. The van der Waals surface area contributed by atoms with E-state index in [4.69, 9.17) is 0 Å². The fourth-order valence-electron chi connectivity index (χ4n) is 2.23. The van der Waals surface area contributed by atoms with Crippen molar-refractivity contribution in [2.24, 2.45) is 5.41 Å². The van der Waals surface area contributed by atoms with E-state index in [2.05, 4.69) is 31.4 Å². The Kier molecular flexibility index (Phi) is 3.63.